The topological polar surface area (TPSA) is 101 Å². The first kappa shape index (κ1) is 24.5. The minimum Gasteiger partial charge on any atom is -0.467 e. The quantitative estimate of drug-likeness (QED) is 0.335. The molecule has 1 aromatic carbocycles. The molecule has 0 aliphatic heterocycles. The Hall–Kier alpha value is -4.12. The lowest BCUT2D eigenvalue weighted by molar-refractivity contribution is -0.148. The molecule has 34 heavy (non-hydrogen) atoms. The summed E-state index contributed by atoms with van der Waals surface area (Å²) in [5, 5.41) is 13.4. The van der Waals surface area contributed by atoms with Crippen LogP contribution in [0.2, 0.25) is 0 Å². The van der Waals surface area contributed by atoms with Crippen LogP contribution in [0.15, 0.2) is 53.2 Å². The summed E-state index contributed by atoms with van der Waals surface area (Å²) < 4.78 is 12.3. The van der Waals surface area contributed by atoms with E-state index in [0.717, 1.165) is 22.5 Å². The van der Waals surface area contributed by atoms with Crippen LogP contribution in [0, 0.1) is 32.1 Å². The summed E-state index contributed by atoms with van der Waals surface area (Å²) in [6.45, 7) is 6.53. The van der Waals surface area contributed by atoms with E-state index in [-0.39, 0.29) is 19.5 Å². The molecule has 0 aliphatic carbocycles. The first-order valence-electron chi connectivity index (χ1n) is 11.0. The van der Waals surface area contributed by atoms with Crippen molar-refractivity contribution < 1.29 is 18.7 Å². The van der Waals surface area contributed by atoms with Crippen LogP contribution < -0.4 is 0 Å². The minimum absolute atomic E-state index is 0.172. The van der Waals surface area contributed by atoms with Gasteiger partial charge in [0.1, 0.15) is 5.76 Å². The van der Waals surface area contributed by atoms with Gasteiger partial charge in [-0.25, -0.2) is 4.79 Å². The zero-order valence-corrected chi connectivity index (χ0v) is 19.7. The lowest BCUT2D eigenvalue weighted by Crippen LogP contribution is -2.34. The Morgan fingerprint density at radius 3 is 2.65 bits per heavy atom. The largest absolute Gasteiger partial charge is 0.467 e. The van der Waals surface area contributed by atoms with Crippen LogP contribution >= 0.6 is 0 Å². The Morgan fingerprint density at radius 2 is 1.97 bits per heavy atom. The molecule has 0 aliphatic rings. The van der Waals surface area contributed by atoms with Gasteiger partial charge in [0.25, 0.3) is 5.91 Å². The number of nitrogens with zero attached hydrogens (tertiary/aromatic N) is 4. The van der Waals surface area contributed by atoms with Crippen molar-refractivity contribution in [2.45, 2.75) is 40.3 Å². The maximum absolute atomic E-state index is 12.5. The number of benzene rings is 1. The van der Waals surface area contributed by atoms with Gasteiger partial charge >= 0.3 is 5.97 Å². The van der Waals surface area contributed by atoms with Crippen LogP contribution in [0.5, 0.6) is 0 Å². The van der Waals surface area contributed by atoms with E-state index in [1.165, 1.54) is 22.8 Å². The number of furan rings is 1. The SMILES string of the molecule is Cc1ccc(Cn2nc(C)c(/C=C\C(=O)OCC(=O)N(CCC#N)Cc3ccco3)c2C)cc1. The number of nitriles is 1. The predicted octanol–water partition coefficient (Wildman–Crippen LogP) is 3.95. The highest BCUT2D eigenvalue weighted by molar-refractivity contribution is 5.89. The van der Waals surface area contributed by atoms with Crippen LogP contribution in [0.3, 0.4) is 0 Å². The molecule has 3 rings (SSSR count). The highest BCUT2D eigenvalue weighted by atomic mass is 16.5. The summed E-state index contributed by atoms with van der Waals surface area (Å²) >= 11 is 0. The minimum atomic E-state index is -0.628. The van der Waals surface area contributed by atoms with Crippen molar-refractivity contribution in [3.05, 3.63) is 82.6 Å². The van der Waals surface area contributed by atoms with E-state index >= 15 is 0 Å². The number of ether oxygens (including phenoxy) is 1. The molecule has 2 aromatic heterocycles. The summed E-state index contributed by atoms with van der Waals surface area (Å²) in [4.78, 5) is 26.2. The van der Waals surface area contributed by atoms with E-state index in [0.29, 0.717) is 12.3 Å². The molecule has 0 radical (unpaired) electrons. The molecule has 0 spiro atoms. The van der Waals surface area contributed by atoms with Crippen molar-refractivity contribution >= 4 is 18.0 Å². The summed E-state index contributed by atoms with van der Waals surface area (Å²) in [7, 11) is 0. The van der Waals surface area contributed by atoms with Gasteiger partial charge in [0, 0.05) is 23.9 Å². The van der Waals surface area contributed by atoms with Gasteiger partial charge in [0.2, 0.25) is 0 Å². The second kappa shape index (κ2) is 11.7. The second-order valence-electron chi connectivity index (χ2n) is 7.97. The third-order valence-corrected chi connectivity index (χ3v) is 5.39. The Labute approximate surface area is 199 Å². The number of aromatic nitrogens is 2. The van der Waals surface area contributed by atoms with E-state index in [1.807, 2.05) is 31.5 Å². The Bertz CT molecular complexity index is 1180. The van der Waals surface area contributed by atoms with Gasteiger partial charge in [-0.2, -0.15) is 10.4 Å². The number of carbonyl (C=O) groups is 2. The Morgan fingerprint density at radius 1 is 1.21 bits per heavy atom. The molecule has 0 saturated carbocycles. The van der Waals surface area contributed by atoms with Gasteiger partial charge in [-0.3, -0.25) is 9.48 Å². The molecule has 0 bridgehead atoms. The zero-order chi connectivity index (χ0) is 24.5. The van der Waals surface area contributed by atoms with Gasteiger partial charge < -0.3 is 14.1 Å². The summed E-state index contributed by atoms with van der Waals surface area (Å²) in [6, 6.07) is 13.7. The standard InChI is InChI=1S/C26H28N4O4/c1-19-7-9-22(10-8-19)16-30-21(3)24(20(2)28-30)11-12-26(32)34-18-25(31)29(14-5-13-27)17-23-6-4-15-33-23/h4,6-12,15H,5,14,16-18H2,1-3H3/b12-11-. The molecule has 0 unspecified atom stereocenters. The Balaban J connectivity index is 1.58. The molecule has 8 nitrogen and oxygen atoms in total. The highest BCUT2D eigenvalue weighted by Crippen LogP contribution is 2.17. The molecule has 0 fully saturated rings. The van der Waals surface area contributed by atoms with E-state index < -0.39 is 18.5 Å². The third-order valence-electron chi connectivity index (χ3n) is 5.39. The highest BCUT2D eigenvalue weighted by Gasteiger charge is 2.17. The smallest absolute Gasteiger partial charge is 0.331 e. The molecule has 0 N–H and O–H groups in total. The van der Waals surface area contributed by atoms with Crippen molar-refractivity contribution in [3.8, 4) is 6.07 Å². The van der Waals surface area contributed by atoms with E-state index in [9.17, 15) is 9.59 Å². The van der Waals surface area contributed by atoms with Crippen LogP contribution in [0.4, 0.5) is 0 Å². The maximum atomic E-state index is 12.5. The number of amides is 1. The van der Waals surface area contributed by atoms with E-state index in [2.05, 4.69) is 29.4 Å². The summed E-state index contributed by atoms with van der Waals surface area (Å²) in [5.74, 6) is -0.436. The first-order chi connectivity index (χ1) is 16.4. The third kappa shape index (κ3) is 6.69. The number of carbonyl (C=O) groups excluding carboxylic acids is 2. The number of rotatable bonds is 10. The molecule has 1 amide bonds. The van der Waals surface area contributed by atoms with Gasteiger partial charge in [-0.1, -0.05) is 29.8 Å². The molecule has 8 heteroatoms. The van der Waals surface area contributed by atoms with Crippen molar-refractivity contribution in [3.63, 3.8) is 0 Å². The van der Waals surface area contributed by atoms with Crippen LogP contribution in [0.1, 0.15) is 40.3 Å². The number of hydrogen-bond donors (Lipinski definition) is 0. The van der Waals surface area contributed by atoms with Crippen molar-refractivity contribution in [1.82, 2.24) is 14.7 Å². The monoisotopic (exact) mass is 460 g/mol. The Kier molecular flexibility index (Phi) is 8.41. The fraction of sp³-hybridized carbons (Fsp3) is 0.308. The van der Waals surface area contributed by atoms with E-state index in [1.54, 1.807) is 18.2 Å². The molecule has 0 atom stereocenters. The number of aryl methyl sites for hydroxylation is 2. The lowest BCUT2D eigenvalue weighted by Gasteiger charge is -2.20. The van der Waals surface area contributed by atoms with Gasteiger partial charge in [0.05, 0.1) is 37.5 Å². The molecule has 3 aromatic rings. The molecule has 2 heterocycles. The number of esters is 1. The molecular weight excluding hydrogens is 432 g/mol. The number of hydrogen-bond acceptors (Lipinski definition) is 6. The van der Waals surface area contributed by atoms with Crippen LogP contribution in [0.25, 0.3) is 6.08 Å². The van der Waals surface area contributed by atoms with Crippen molar-refractivity contribution in [2.24, 2.45) is 0 Å². The molecule has 176 valence electrons. The second-order valence-corrected chi connectivity index (χ2v) is 7.97. The van der Waals surface area contributed by atoms with Gasteiger partial charge in [-0.05, 0) is 44.5 Å². The fourth-order valence-electron chi connectivity index (χ4n) is 3.46. The normalized spacial score (nSPS) is 10.9. The zero-order valence-electron chi connectivity index (χ0n) is 19.7. The molecular formula is C26H28N4O4. The van der Waals surface area contributed by atoms with E-state index in [4.69, 9.17) is 14.4 Å². The van der Waals surface area contributed by atoms with Crippen molar-refractivity contribution in [2.75, 3.05) is 13.2 Å². The fourth-order valence-corrected chi connectivity index (χ4v) is 3.46. The van der Waals surface area contributed by atoms with Crippen molar-refractivity contribution in [1.29, 1.82) is 5.26 Å². The average Bonchev–Trinajstić information content (AvgIpc) is 3.43. The van der Waals surface area contributed by atoms with Crippen LogP contribution in [-0.4, -0.2) is 39.7 Å². The summed E-state index contributed by atoms with van der Waals surface area (Å²) in [6.07, 6.45) is 4.64. The average molecular weight is 461 g/mol. The first-order valence-corrected chi connectivity index (χ1v) is 11.0. The van der Waals surface area contributed by atoms with Gasteiger partial charge in [0.15, 0.2) is 6.61 Å². The van der Waals surface area contributed by atoms with Gasteiger partial charge in [-0.15, -0.1) is 0 Å². The summed E-state index contributed by atoms with van der Waals surface area (Å²) in [5.41, 5.74) is 4.90. The molecule has 0 saturated heterocycles. The predicted molar refractivity (Wildman–Crippen MR) is 126 cm³/mol. The lowest BCUT2D eigenvalue weighted by atomic mass is 10.1. The maximum Gasteiger partial charge on any atom is 0.331 e. The van der Waals surface area contributed by atoms with Crippen LogP contribution in [-0.2, 0) is 27.4 Å².